The Labute approximate surface area is 748 Å². The largest absolute Gasteiger partial charge is 0.496 e. The minimum Gasteiger partial charge on any atom is -0.496 e. The first-order valence-corrected chi connectivity index (χ1v) is 44.3. The summed E-state index contributed by atoms with van der Waals surface area (Å²) in [6.45, 7) is 38.6. The highest BCUT2D eigenvalue weighted by molar-refractivity contribution is 6.40. The standard InChI is InChI=1S/2C48H58Cl2N6O6/c2*1-45(2,3)61-43(57)55-20-17-47(29-55)25-53(26-47)23-32-13-12-31(22-38(32)59-7)41-40(50)35(16-19-51-41)34-10-9-11-36(39(34)49)37-15-14-33(42(52-37)60-8)24-54-27-48(28-54)18-21-56(30-48)44(58)62-46(4,5)6/h2*9-16,19,22H,17-18,20-21,23-30H2,1-8H3. The molecule has 0 radical (unpaired) electrons. The van der Waals surface area contributed by atoms with E-state index in [0.717, 1.165) is 209 Å². The molecule has 0 unspecified atom stereocenters. The van der Waals surface area contributed by atoms with Crippen LogP contribution in [0.15, 0.2) is 122 Å². The summed E-state index contributed by atoms with van der Waals surface area (Å²) in [6, 6.07) is 35.8. The molecule has 8 aliphatic rings. The highest BCUT2D eigenvalue weighted by Gasteiger charge is 2.53. The molecule has 0 saturated carbocycles. The number of hydrogen-bond donors (Lipinski definition) is 0. The van der Waals surface area contributed by atoms with Crippen LogP contribution in [0, 0.1) is 21.7 Å². The Morgan fingerprint density at radius 3 is 0.895 bits per heavy atom. The second kappa shape index (κ2) is 35.2. The fourth-order valence-corrected chi connectivity index (χ4v) is 20.5. The van der Waals surface area contributed by atoms with Crippen LogP contribution in [0.1, 0.15) is 131 Å². The number of halogens is 4. The van der Waals surface area contributed by atoms with E-state index in [1.807, 2.05) is 188 Å². The van der Waals surface area contributed by atoms with Crippen LogP contribution in [0.2, 0.25) is 20.1 Å². The van der Waals surface area contributed by atoms with Crippen molar-refractivity contribution in [3.63, 3.8) is 0 Å². The summed E-state index contributed by atoms with van der Waals surface area (Å²) in [6.07, 6.45) is 6.46. The third-order valence-corrected chi connectivity index (χ3v) is 26.3. The van der Waals surface area contributed by atoms with Gasteiger partial charge in [-0.2, -0.15) is 0 Å². The maximum absolute atomic E-state index is 12.7. The van der Waals surface area contributed by atoms with Crippen molar-refractivity contribution in [1.82, 2.24) is 59.1 Å². The highest BCUT2D eigenvalue weighted by Crippen LogP contribution is 2.50. The van der Waals surface area contributed by atoms with Crippen molar-refractivity contribution in [2.24, 2.45) is 21.7 Å². The van der Waals surface area contributed by atoms with Crippen molar-refractivity contribution in [2.45, 2.75) is 157 Å². The Kier molecular flexibility index (Phi) is 25.4. The van der Waals surface area contributed by atoms with Gasteiger partial charge in [0.25, 0.3) is 0 Å². The fourth-order valence-electron chi connectivity index (χ4n) is 19.2. The van der Waals surface area contributed by atoms with Crippen LogP contribution in [-0.2, 0) is 45.1 Å². The van der Waals surface area contributed by atoms with Crippen LogP contribution in [0.5, 0.6) is 23.3 Å². The van der Waals surface area contributed by atoms with E-state index in [-0.39, 0.29) is 46.0 Å². The number of ether oxygens (including phenoxy) is 8. The van der Waals surface area contributed by atoms with E-state index in [2.05, 4.69) is 43.9 Å². The Balaban J connectivity index is 0.000000192. The molecule has 0 bridgehead atoms. The molecule has 8 saturated heterocycles. The topological polar surface area (TPSA) is 220 Å². The lowest BCUT2D eigenvalue weighted by Gasteiger charge is -2.48. The Morgan fingerprint density at radius 1 is 0.339 bits per heavy atom. The van der Waals surface area contributed by atoms with Crippen molar-refractivity contribution < 1.29 is 57.1 Å². The Bertz CT molecular complexity index is 4700. The maximum atomic E-state index is 12.7. The number of hydrogen-bond acceptors (Lipinski definition) is 20. The summed E-state index contributed by atoms with van der Waals surface area (Å²) in [7, 11) is 6.64. The van der Waals surface area contributed by atoms with Gasteiger partial charge in [-0.25, -0.2) is 29.1 Å². The molecule has 8 fully saturated rings. The molecule has 4 aromatic carbocycles. The van der Waals surface area contributed by atoms with Gasteiger partial charge in [-0.15, -0.1) is 0 Å². The van der Waals surface area contributed by atoms with Gasteiger partial charge < -0.3 is 57.5 Å². The van der Waals surface area contributed by atoms with Gasteiger partial charge in [0, 0.05) is 232 Å². The molecule has 24 nitrogen and oxygen atoms in total. The van der Waals surface area contributed by atoms with Gasteiger partial charge in [-0.05, 0) is 145 Å². The number of rotatable bonds is 18. The average molecular weight is 1770 g/mol. The van der Waals surface area contributed by atoms with Crippen molar-refractivity contribution in [3.8, 4) is 90.5 Å². The fraction of sp³-hybridized carbons (Fsp3) is 0.500. The first-order valence-electron chi connectivity index (χ1n) is 42.8. The van der Waals surface area contributed by atoms with Gasteiger partial charge in [-0.3, -0.25) is 29.6 Å². The lowest BCUT2D eigenvalue weighted by molar-refractivity contribution is -0.00663. The average Bonchev–Trinajstić information content (AvgIpc) is 1.59. The third-order valence-electron chi connectivity index (χ3n) is 24.7. The molecule has 0 N–H and O–H groups in total. The maximum Gasteiger partial charge on any atom is 0.410 e. The van der Waals surface area contributed by atoms with Gasteiger partial charge in [0.1, 0.15) is 33.9 Å². The number of likely N-dealkylation sites (tertiary alicyclic amines) is 8. The summed E-state index contributed by atoms with van der Waals surface area (Å²) in [5.74, 6) is 2.61. The van der Waals surface area contributed by atoms with Crippen molar-refractivity contribution in [3.05, 3.63) is 164 Å². The van der Waals surface area contributed by atoms with Gasteiger partial charge in [0.2, 0.25) is 11.8 Å². The third kappa shape index (κ3) is 19.8. The molecular formula is C96H116Cl4N12O12. The number of pyridine rings is 4. The minimum absolute atomic E-state index is 0.0965. The molecule has 0 aliphatic carbocycles. The van der Waals surface area contributed by atoms with E-state index < -0.39 is 22.4 Å². The predicted octanol–water partition coefficient (Wildman–Crippen LogP) is 19.4. The lowest BCUT2D eigenvalue weighted by atomic mass is 9.79. The lowest BCUT2D eigenvalue weighted by Crippen LogP contribution is -2.57. The minimum atomic E-state index is -0.508. The molecular weight excluding hydrogens is 1650 g/mol. The van der Waals surface area contributed by atoms with Gasteiger partial charge in [0.05, 0.1) is 71.3 Å². The molecule has 8 aromatic rings. The number of amides is 4. The first kappa shape index (κ1) is 89.6. The zero-order valence-corrected chi connectivity index (χ0v) is 77.3. The smallest absolute Gasteiger partial charge is 0.410 e. The molecule has 4 amide bonds. The van der Waals surface area contributed by atoms with Crippen LogP contribution in [0.25, 0.3) is 67.3 Å². The van der Waals surface area contributed by atoms with E-state index >= 15 is 0 Å². The second-order valence-corrected chi connectivity index (χ2v) is 40.9. The van der Waals surface area contributed by atoms with Crippen LogP contribution >= 0.6 is 46.4 Å². The summed E-state index contributed by atoms with van der Waals surface area (Å²) >= 11 is 28.8. The van der Waals surface area contributed by atoms with E-state index in [0.29, 0.717) is 80.8 Å². The quantitative estimate of drug-likeness (QED) is 0.0729. The van der Waals surface area contributed by atoms with Crippen LogP contribution in [0.4, 0.5) is 19.2 Å². The van der Waals surface area contributed by atoms with E-state index in [1.54, 1.807) is 40.8 Å². The van der Waals surface area contributed by atoms with Crippen LogP contribution in [0.3, 0.4) is 0 Å². The van der Waals surface area contributed by atoms with Crippen LogP contribution in [-0.4, -0.2) is 239 Å². The second-order valence-electron chi connectivity index (χ2n) is 39.3. The number of carbonyl (C=O) groups excluding carboxylic acids is 4. The van der Waals surface area contributed by atoms with Crippen molar-refractivity contribution in [1.29, 1.82) is 0 Å². The molecule has 0 atom stereocenters. The molecule has 124 heavy (non-hydrogen) atoms. The van der Waals surface area contributed by atoms with E-state index in [4.69, 9.17) is 104 Å². The first-order chi connectivity index (χ1) is 58.7. The molecule has 16 rings (SSSR count). The zero-order valence-electron chi connectivity index (χ0n) is 74.3. The van der Waals surface area contributed by atoms with Gasteiger partial charge in [-0.1, -0.05) is 119 Å². The summed E-state index contributed by atoms with van der Waals surface area (Å²) in [4.78, 5) is 86.9. The molecule has 660 valence electrons. The van der Waals surface area contributed by atoms with E-state index in [1.165, 1.54) is 0 Å². The Morgan fingerprint density at radius 2 is 0.613 bits per heavy atom. The number of methoxy groups -OCH3 is 4. The van der Waals surface area contributed by atoms with Gasteiger partial charge >= 0.3 is 24.4 Å². The number of carbonyl (C=O) groups is 4. The monoisotopic (exact) mass is 1770 g/mol. The predicted molar refractivity (Wildman–Crippen MR) is 483 cm³/mol. The Hall–Kier alpha value is -9.24. The number of benzene rings is 4. The highest BCUT2D eigenvalue weighted by atomic mass is 35.5. The summed E-state index contributed by atoms with van der Waals surface area (Å²) in [5, 5.41) is 2.00. The van der Waals surface area contributed by atoms with E-state index in [9.17, 15) is 19.2 Å². The van der Waals surface area contributed by atoms with Crippen molar-refractivity contribution >= 4 is 70.8 Å². The zero-order chi connectivity index (χ0) is 88.4. The van der Waals surface area contributed by atoms with Gasteiger partial charge in [0.15, 0.2) is 0 Å². The molecule has 4 spiro atoms. The molecule has 28 heteroatoms. The number of aromatic nitrogens is 4. The summed E-state index contributed by atoms with van der Waals surface area (Å²) in [5.41, 5.74) is 11.3. The van der Waals surface area contributed by atoms with Crippen molar-refractivity contribution in [2.75, 3.05) is 133 Å². The number of nitrogens with zero attached hydrogens (tertiary/aromatic N) is 12. The SMILES string of the molecule is COc1cc(-c2nccc(-c3cccc(-c4ccc(CN5CC6(CCN(C(=O)OC(C)(C)C)C6)C5)c(OC)n4)c3Cl)c2Cl)ccc1CN1CC2(CCN(C(=O)OC(C)(C)C)C2)C1.COc1cc(-c2nccc(-c3cccc(-c4ccc(CN5CC6(CCN(C(=O)OC(C)(C)C)C6)C5)c(OC)n4)c3Cl)c2Cl)ccc1CN1CC2(CCN(C(=O)OC(C)(C)C)C2)C1. The summed E-state index contributed by atoms with van der Waals surface area (Å²) < 4.78 is 45.9. The molecule has 8 aliphatic heterocycles. The normalized spacial score (nSPS) is 18.5. The molecule has 4 aromatic heterocycles. The van der Waals surface area contributed by atoms with Crippen LogP contribution < -0.4 is 18.9 Å². The molecule has 12 heterocycles.